The van der Waals surface area contributed by atoms with Gasteiger partial charge in [-0.05, 0) is 29.7 Å². The van der Waals surface area contributed by atoms with Crippen LogP contribution < -0.4 is 16.4 Å². The van der Waals surface area contributed by atoms with Crippen LogP contribution in [0.15, 0.2) is 36.7 Å². The van der Waals surface area contributed by atoms with Crippen LogP contribution in [-0.2, 0) is 24.1 Å². The predicted molar refractivity (Wildman–Crippen MR) is 106 cm³/mol. The Labute approximate surface area is 165 Å². The van der Waals surface area contributed by atoms with Crippen molar-refractivity contribution in [3.63, 3.8) is 0 Å². The summed E-state index contributed by atoms with van der Waals surface area (Å²) in [6.45, 7) is 1.96. The Kier molecular flexibility index (Phi) is 5.90. The molecule has 0 unspecified atom stereocenters. The maximum absolute atomic E-state index is 12.4. The first kappa shape index (κ1) is 19.4. The SMILES string of the molecule is CCc1nnc(N(C(N)=O)c2cccc(CC(=O)Cc3cnc(N)nc3)c2)s1. The highest BCUT2D eigenvalue weighted by atomic mass is 32.1. The first-order valence-electron chi connectivity index (χ1n) is 8.55. The second-order valence-electron chi connectivity index (χ2n) is 6.02. The second-order valence-corrected chi connectivity index (χ2v) is 7.06. The van der Waals surface area contributed by atoms with Gasteiger partial charge in [-0.25, -0.2) is 19.7 Å². The molecule has 2 amide bonds. The minimum atomic E-state index is -0.665. The summed E-state index contributed by atoms with van der Waals surface area (Å²) < 4.78 is 0. The normalized spacial score (nSPS) is 10.6. The van der Waals surface area contributed by atoms with Gasteiger partial charge in [0.25, 0.3) is 0 Å². The molecule has 144 valence electrons. The Morgan fingerprint density at radius 2 is 1.82 bits per heavy atom. The lowest BCUT2D eigenvalue weighted by molar-refractivity contribution is -0.117. The summed E-state index contributed by atoms with van der Waals surface area (Å²) in [6.07, 6.45) is 4.17. The van der Waals surface area contributed by atoms with Gasteiger partial charge in [0, 0.05) is 25.2 Å². The number of nitrogens with zero attached hydrogens (tertiary/aromatic N) is 5. The Balaban J connectivity index is 1.77. The minimum absolute atomic E-state index is 0.0136. The molecule has 0 aliphatic rings. The number of aryl methyl sites for hydroxylation is 1. The summed E-state index contributed by atoms with van der Waals surface area (Å²) in [4.78, 5) is 33.4. The van der Waals surface area contributed by atoms with Gasteiger partial charge in [0.05, 0.1) is 5.69 Å². The third-order valence-corrected chi connectivity index (χ3v) is 4.92. The molecule has 0 spiro atoms. The van der Waals surface area contributed by atoms with Crippen molar-refractivity contribution in [1.29, 1.82) is 0 Å². The molecule has 2 heterocycles. The highest BCUT2D eigenvalue weighted by molar-refractivity contribution is 7.15. The van der Waals surface area contributed by atoms with Crippen LogP contribution >= 0.6 is 11.3 Å². The highest BCUT2D eigenvalue weighted by Gasteiger charge is 2.20. The number of amides is 2. The Bertz CT molecular complexity index is 988. The number of Topliss-reactive ketones (excluding diaryl/α,β-unsaturated/α-hetero) is 1. The molecular weight excluding hydrogens is 378 g/mol. The molecule has 4 N–H and O–H groups in total. The van der Waals surface area contributed by atoms with E-state index in [4.69, 9.17) is 11.5 Å². The van der Waals surface area contributed by atoms with Crippen LogP contribution in [0.3, 0.4) is 0 Å². The van der Waals surface area contributed by atoms with Crippen LogP contribution in [0.1, 0.15) is 23.1 Å². The van der Waals surface area contributed by atoms with Crippen molar-refractivity contribution < 1.29 is 9.59 Å². The third-order valence-electron chi connectivity index (χ3n) is 3.87. The van der Waals surface area contributed by atoms with Crippen molar-refractivity contribution in [2.45, 2.75) is 26.2 Å². The molecule has 3 aromatic rings. The van der Waals surface area contributed by atoms with E-state index in [1.54, 1.807) is 18.2 Å². The molecule has 0 aliphatic carbocycles. The van der Waals surface area contributed by atoms with E-state index in [2.05, 4.69) is 20.2 Å². The molecule has 9 nitrogen and oxygen atoms in total. The van der Waals surface area contributed by atoms with Gasteiger partial charge in [-0.2, -0.15) is 0 Å². The number of benzene rings is 1. The summed E-state index contributed by atoms with van der Waals surface area (Å²) in [5, 5.41) is 9.27. The number of anilines is 3. The first-order valence-corrected chi connectivity index (χ1v) is 9.37. The summed E-state index contributed by atoms with van der Waals surface area (Å²) in [5.41, 5.74) is 13.0. The van der Waals surface area contributed by atoms with Gasteiger partial charge < -0.3 is 11.5 Å². The fourth-order valence-electron chi connectivity index (χ4n) is 2.59. The van der Waals surface area contributed by atoms with Crippen molar-refractivity contribution in [2.75, 3.05) is 10.6 Å². The monoisotopic (exact) mass is 397 g/mol. The van der Waals surface area contributed by atoms with Crippen molar-refractivity contribution in [1.82, 2.24) is 20.2 Å². The zero-order chi connectivity index (χ0) is 20.1. The Hall–Kier alpha value is -3.40. The summed E-state index contributed by atoms with van der Waals surface area (Å²) in [6, 6.07) is 6.40. The van der Waals surface area contributed by atoms with Crippen molar-refractivity contribution in [3.8, 4) is 0 Å². The number of nitrogens with two attached hydrogens (primary N) is 2. The topological polar surface area (TPSA) is 141 Å². The van der Waals surface area contributed by atoms with Crippen molar-refractivity contribution >= 4 is 39.9 Å². The zero-order valence-corrected chi connectivity index (χ0v) is 16.0. The smallest absolute Gasteiger partial charge is 0.325 e. The summed E-state index contributed by atoms with van der Waals surface area (Å²) in [5.74, 6) is 0.152. The van der Waals surface area contributed by atoms with E-state index < -0.39 is 6.03 Å². The molecule has 3 rings (SSSR count). The number of carbonyl (C=O) groups excluding carboxylic acids is 2. The second kappa shape index (κ2) is 8.53. The number of carbonyl (C=O) groups is 2. The maximum atomic E-state index is 12.4. The van der Waals surface area contributed by atoms with Crippen LogP contribution in [0.5, 0.6) is 0 Å². The fourth-order valence-corrected chi connectivity index (χ4v) is 3.39. The summed E-state index contributed by atoms with van der Waals surface area (Å²) >= 11 is 1.30. The van der Waals surface area contributed by atoms with Gasteiger partial charge >= 0.3 is 6.03 Å². The van der Waals surface area contributed by atoms with E-state index >= 15 is 0 Å². The van der Waals surface area contributed by atoms with E-state index in [0.717, 1.165) is 10.6 Å². The molecule has 10 heteroatoms. The fraction of sp³-hybridized carbons (Fsp3) is 0.222. The van der Waals surface area contributed by atoms with E-state index in [1.165, 1.54) is 28.6 Å². The minimum Gasteiger partial charge on any atom is -0.368 e. The number of nitrogen functional groups attached to an aromatic ring is 1. The van der Waals surface area contributed by atoms with E-state index in [1.807, 2.05) is 13.0 Å². The standard InChI is InChI=1S/C18H19N7O2S/c1-2-15-23-24-18(28-15)25(17(20)27)13-5-3-4-11(6-13)7-14(26)8-12-9-21-16(19)22-10-12/h3-6,9-10H,2,7-8H2,1H3,(H2,20,27)(H2,19,21,22). The van der Waals surface area contributed by atoms with E-state index in [-0.39, 0.29) is 24.6 Å². The molecule has 1 aromatic carbocycles. The molecule has 28 heavy (non-hydrogen) atoms. The quantitative estimate of drug-likeness (QED) is 0.621. The van der Waals surface area contributed by atoms with Crippen LogP contribution in [-0.4, -0.2) is 32.0 Å². The summed E-state index contributed by atoms with van der Waals surface area (Å²) in [7, 11) is 0. The molecule has 0 atom stereocenters. The largest absolute Gasteiger partial charge is 0.368 e. The first-order chi connectivity index (χ1) is 13.5. The Morgan fingerprint density at radius 3 is 2.46 bits per heavy atom. The molecule has 0 radical (unpaired) electrons. The number of hydrogen-bond acceptors (Lipinski definition) is 8. The highest BCUT2D eigenvalue weighted by Crippen LogP contribution is 2.29. The van der Waals surface area contributed by atoms with Gasteiger partial charge in [0.2, 0.25) is 11.1 Å². The number of rotatable bonds is 7. The average molecular weight is 397 g/mol. The van der Waals surface area contributed by atoms with Crippen molar-refractivity contribution in [3.05, 3.63) is 52.8 Å². The van der Waals surface area contributed by atoms with Gasteiger partial charge in [0.1, 0.15) is 10.8 Å². The Morgan fingerprint density at radius 1 is 1.11 bits per heavy atom. The van der Waals surface area contributed by atoms with Crippen LogP contribution in [0, 0.1) is 0 Å². The lowest BCUT2D eigenvalue weighted by Gasteiger charge is -2.17. The molecule has 0 fully saturated rings. The van der Waals surface area contributed by atoms with Gasteiger partial charge in [-0.15, -0.1) is 10.2 Å². The molecule has 0 saturated heterocycles. The van der Waals surface area contributed by atoms with Crippen LogP contribution in [0.25, 0.3) is 0 Å². The molecule has 0 bridgehead atoms. The average Bonchev–Trinajstić information content (AvgIpc) is 3.12. The number of aromatic nitrogens is 4. The lowest BCUT2D eigenvalue weighted by atomic mass is 10.0. The lowest BCUT2D eigenvalue weighted by Crippen LogP contribution is -2.31. The molecular formula is C18H19N7O2S. The van der Waals surface area contributed by atoms with Gasteiger partial charge in [-0.3, -0.25) is 4.79 Å². The number of hydrogen-bond donors (Lipinski definition) is 2. The molecule has 2 aromatic heterocycles. The maximum Gasteiger partial charge on any atom is 0.325 e. The van der Waals surface area contributed by atoms with Gasteiger partial charge in [0.15, 0.2) is 0 Å². The van der Waals surface area contributed by atoms with E-state index in [9.17, 15) is 9.59 Å². The van der Waals surface area contributed by atoms with Crippen LogP contribution in [0.2, 0.25) is 0 Å². The number of ketones is 1. The van der Waals surface area contributed by atoms with Crippen LogP contribution in [0.4, 0.5) is 21.6 Å². The van der Waals surface area contributed by atoms with Crippen molar-refractivity contribution in [2.24, 2.45) is 5.73 Å². The molecule has 0 saturated carbocycles. The molecule has 0 aliphatic heterocycles. The number of urea groups is 1. The predicted octanol–water partition coefficient (Wildman–Crippen LogP) is 2.04. The van der Waals surface area contributed by atoms with E-state index in [0.29, 0.717) is 22.8 Å². The zero-order valence-electron chi connectivity index (χ0n) is 15.2. The number of primary amides is 1. The third kappa shape index (κ3) is 4.65. The van der Waals surface area contributed by atoms with Gasteiger partial charge in [-0.1, -0.05) is 30.4 Å².